The predicted molar refractivity (Wildman–Crippen MR) is 192 cm³/mol. The van der Waals surface area contributed by atoms with Crippen molar-refractivity contribution in [3.05, 3.63) is 132 Å². The summed E-state index contributed by atoms with van der Waals surface area (Å²) in [5.74, 6) is 2.79. The molecule has 0 unspecified atom stereocenters. The van der Waals surface area contributed by atoms with Gasteiger partial charge in [0, 0.05) is 35.1 Å². The molecular weight excluding hydrogens is 788 g/mol. The number of pyridine rings is 2. The quantitative estimate of drug-likeness (QED) is 0.166. The van der Waals surface area contributed by atoms with Crippen LogP contribution in [0.25, 0.3) is 61.3 Å². The Bertz CT molecular complexity index is 2710. The fourth-order valence-corrected chi connectivity index (χ4v) is 6.55. The van der Waals surface area contributed by atoms with Crippen LogP contribution in [0.3, 0.4) is 0 Å². The van der Waals surface area contributed by atoms with Crippen LogP contribution in [-0.2, 0) is 26.5 Å². The Labute approximate surface area is 298 Å². The van der Waals surface area contributed by atoms with Crippen LogP contribution in [0.4, 0.5) is 0 Å². The number of imidazole rings is 2. The van der Waals surface area contributed by atoms with Crippen molar-refractivity contribution in [1.82, 2.24) is 28.5 Å². The van der Waals surface area contributed by atoms with E-state index < -0.39 is 0 Å². The molecule has 0 fully saturated rings. The third kappa shape index (κ3) is 4.95. The van der Waals surface area contributed by atoms with E-state index in [9.17, 15) is 0 Å². The topological polar surface area (TPSA) is 62.2 Å². The van der Waals surface area contributed by atoms with Crippen LogP contribution in [0.5, 0.6) is 11.5 Å². The molecular formula is C41H32N6OPt. The van der Waals surface area contributed by atoms with Crippen molar-refractivity contribution in [2.24, 2.45) is 0 Å². The van der Waals surface area contributed by atoms with Crippen molar-refractivity contribution in [2.45, 2.75) is 40.0 Å². The third-order valence-corrected chi connectivity index (χ3v) is 9.27. The van der Waals surface area contributed by atoms with Gasteiger partial charge in [-0.15, -0.1) is 35.7 Å². The minimum atomic E-state index is -0.0446. The number of rotatable bonds is 4. The van der Waals surface area contributed by atoms with E-state index in [1.165, 1.54) is 5.56 Å². The molecule has 49 heavy (non-hydrogen) atoms. The molecule has 0 saturated heterocycles. The Balaban J connectivity index is 0.00000348. The van der Waals surface area contributed by atoms with E-state index in [4.69, 9.17) is 19.7 Å². The number of benzene rings is 4. The molecule has 0 N–H and O–H groups in total. The van der Waals surface area contributed by atoms with Crippen molar-refractivity contribution in [2.75, 3.05) is 0 Å². The number of aromatic nitrogens is 6. The van der Waals surface area contributed by atoms with Gasteiger partial charge in [0.05, 0.1) is 0 Å². The molecule has 242 valence electrons. The molecule has 5 heterocycles. The van der Waals surface area contributed by atoms with Gasteiger partial charge in [0.25, 0.3) is 0 Å². The second kappa shape index (κ2) is 11.4. The standard InChI is InChI=1S/C41H32N6O.Pt/c1-25-19-38(42-23-26(25)2)46-34-14-10-9-13-31(34)32-17-15-29(21-36(32)46)48-30-16-18-35-37(22-30)47-39-33(20-27(24-43-39)41(3,4)5)44-40(47)45(35)28-11-7-6-8-12-28;/h6-20,23-24H,1-5H3;/q-2;+2. The summed E-state index contributed by atoms with van der Waals surface area (Å²) < 4.78 is 12.9. The average Bonchev–Trinajstić information content (AvgIpc) is 3.72. The van der Waals surface area contributed by atoms with E-state index in [2.05, 4.69) is 121 Å². The molecule has 0 aliphatic heterocycles. The summed E-state index contributed by atoms with van der Waals surface area (Å²) in [4.78, 5) is 14.8. The van der Waals surface area contributed by atoms with Gasteiger partial charge in [-0.25, -0.2) is 15.0 Å². The number of para-hydroxylation sites is 2. The maximum absolute atomic E-state index is 6.53. The van der Waals surface area contributed by atoms with Crippen molar-refractivity contribution >= 4 is 49.8 Å². The molecule has 0 amide bonds. The fourth-order valence-electron chi connectivity index (χ4n) is 6.55. The normalized spacial score (nSPS) is 12.0. The molecule has 0 aliphatic rings. The SMILES string of the molecule is Cc1cnc(-n2c3[c-]c(Oc4[c-]c5c(cc4)n(-c4ccccc4)c4nc6cc(C(C)(C)C)cnc6n54)ccc3c3ccccc32)cc1C.[Pt+2]. The minimum Gasteiger partial charge on any atom is -0.509 e. The first-order valence-electron chi connectivity index (χ1n) is 16.1. The van der Waals surface area contributed by atoms with Gasteiger partial charge in [-0.2, -0.15) is 6.07 Å². The molecule has 9 aromatic rings. The summed E-state index contributed by atoms with van der Waals surface area (Å²) >= 11 is 0. The molecule has 9 rings (SSSR count). The molecule has 0 bridgehead atoms. The van der Waals surface area contributed by atoms with E-state index in [0.717, 1.165) is 72.4 Å². The first kappa shape index (κ1) is 31.0. The summed E-state index contributed by atoms with van der Waals surface area (Å²) in [7, 11) is 0. The van der Waals surface area contributed by atoms with Crippen LogP contribution in [0, 0.1) is 26.0 Å². The van der Waals surface area contributed by atoms with Gasteiger partial charge in [0.1, 0.15) is 11.3 Å². The second-order valence-electron chi connectivity index (χ2n) is 13.5. The Morgan fingerprint density at radius 3 is 2.18 bits per heavy atom. The molecule has 0 saturated carbocycles. The van der Waals surface area contributed by atoms with Gasteiger partial charge in [-0.05, 0) is 82.7 Å². The zero-order chi connectivity index (χ0) is 32.7. The number of ether oxygens (including phenoxy) is 1. The number of hydrogen-bond donors (Lipinski definition) is 0. The van der Waals surface area contributed by atoms with Gasteiger partial charge in [0.2, 0.25) is 5.78 Å². The van der Waals surface area contributed by atoms with Crippen LogP contribution in [0.1, 0.15) is 37.5 Å². The second-order valence-corrected chi connectivity index (χ2v) is 13.5. The Morgan fingerprint density at radius 2 is 1.41 bits per heavy atom. The average molecular weight is 820 g/mol. The molecule has 0 aliphatic carbocycles. The van der Waals surface area contributed by atoms with Gasteiger partial charge in [0.15, 0.2) is 5.65 Å². The number of nitrogens with zero attached hydrogens (tertiary/aromatic N) is 6. The molecule has 0 atom stereocenters. The number of fused-ring (bicyclic) bond motifs is 8. The molecule has 7 nitrogen and oxygen atoms in total. The zero-order valence-corrected chi connectivity index (χ0v) is 30.0. The van der Waals surface area contributed by atoms with Crippen LogP contribution >= 0.6 is 0 Å². The minimum absolute atomic E-state index is 0. The monoisotopic (exact) mass is 819 g/mol. The third-order valence-electron chi connectivity index (χ3n) is 9.27. The summed E-state index contributed by atoms with van der Waals surface area (Å²) in [5.41, 5.74) is 9.84. The Hall–Kier alpha value is -5.26. The van der Waals surface area contributed by atoms with Gasteiger partial charge in [-0.1, -0.05) is 62.7 Å². The first-order chi connectivity index (χ1) is 23.2. The molecule has 0 spiro atoms. The van der Waals surface area contributed by atoms with E-state index >= 15 is 0 Å². The molecule has 4 aromatic carbocycles. The summed E-state index contributed by atoms with van der Waals surface area (Å²) in [5, 5.41) is 2.23. The van der Waals surface area contributed by atoms with Crippen molar-refractivity contribution in [3.8, 4) is 23.0 Å². The molecule has 5 aromatic heterocycles. The van der Waals surface area contributed by atoms with E-state index in [0.29, 0.717) is 11.5 Å². The van der Waals surface area contributed by atoms with Gasteiger partial charge < -0.3 is 13.9 Å². The van der Waals surface area contributed by atoms with E-state index in [-0.39, 0.29) is 26.5 Å². The fraction of sp³-hybridized carbons (Fsp3) is 0.146. The van der Waals surface area contributed by atoms with Crippen LogP contribution in [0.15, 0.2) is 103 Å². The van der Waals surface area contributed by atoms with Crippen LogP contribution < -0.4 is 4.74 Å². The maximum atomic E-state index is 6.53. The molecule has 8 heteroatoms. The van der Waals surface area contributed by atoms with E-state index in [1.807, 2.05) is 42.7 Å². The summed E-state index contributed by atoms with van der Waals surface area (Å²) in [6.45, 7) is 10.8. The number of hydrogen-bond acceptors (Lipinski definition) is 4. The van der Waals surface area contributed by atoms with Crippen molar-refractivity contribution < 1.29 is 25.8 Å². The smallest absolute Gasteiger partial charge is 0.509 e. The maximum Gasteiger partial charge on any atom is 2.00 e. The number of aryl methyl sites for hydroxylation is 2. The van der Waals surface area contributed by atoms with E-state index in [1.54, 1.807) is 0 Å². The Kier molecular flexibility index (Phi) is 7.23. The predicted octanol–water partition coefficient (Wildman–Crippen LogP) is 9.62. The van der Waals surface area contributed by atoms with Gasteiger partial charge in [-0.3, -0.25) is 4.40 Å². The first-order valence-corrected chi connectivity index (χ1v) is 16.1. The van der Waals surface area contributed by atoms with Gasteiger partial charge >= 0.3 is 21.1 Å². The van der Waals surface area contributed by atoms with Crippen LogP contribution in [0.2, 0.25) is 0 Å². The summed E-state index contributed by atoms with van der Waals surface area (Å²) in [6.07, 6.45) is 3.88. The van der Waals surface area contributed by atoms with Crippen LogP contribution in [-0.4, -0.2) is 28.5 Å². The molecule has 0 radical (unpaired) electrons. The zero-order valence-electron chi connectivity index (χ0n) is 27.7. The summed E-state index contributed by atoms with van der Waals surface area (Å²) in [6, 6.07) is 38.2. The van der Waals surface area contributed by atoms with Crippen molar-refractivity contribution in [3.63, 3.8) is 0 Å². The largest absolute Gasteiger partial charge is 2.00 e. The van der Waals surface area contributed by atoms with Crippen molar-refractivity contribution in [1.29, 1.82) is 0 Å². The Morgan fingerprint density at radius 1 is 0.673 bits per heavy atom.